The van der Waals surface area contributed by atoms with Gasteiger partial charge in [0, 0.05) is 32.3 Å². The Bertz CT molecular complexity index is 90.0. The third-order valence-corrected chi connectivity index (χ3v) is 4.92. The summed E-state index contributed by atoms with van der Waals surface area (Å²) < 4.78 is 4.42. The smallest absolute Gasteiger partial charge is 0.0467 e. The van der Waals surface area contributed by atoms with E-state index in [1.165, 1.54) is 7.11 Å². The zero-order chi connectivity index (χ0) is 5.91. The van der Waals surface area contributed by atoms with E-state index in [0.717, 1.165) is 11.4 Å². The summed E-state index contributed by atoms with van der Waals surface area (Å²) in [6.45, 7) is 0. The summed E-state index contributed by atoms with van der Waals surface area (Å²) in [6.07, 6.45) is 1.66. The van der Waals surface area contributed by atoms with Gasteiger partial charge in [0.25, 0.3) is 0 Å². The molecule has 0 aromatic rings. The molecule has 0 aliphatic heterocycles. The fraction of sp³-hybridized carbons (Fsp3) is 1.00. The molecule has 0 saturated carbocycles. The van der Waals surface area contributed by atoms with Gasteiger partial charge in [-0.15, -0.1) is 11.4 Å². The van der Waals surface area contributed by atoms with Crippen molar-refractivity contribution in [3.63, 3.8) is 0 Å². The van der Waals surface area contributed by atoms with E-state index in [-0.39, 0.29) is 19.5 Å². The number of hydrogen-bond donors (Lipinski definition) is 0. The van der Waals surface area contributed by atoms with Crippen LogP contribution in [0.1, 0.15) is 0 Å². The van der Waals surface area contributed by atoms with Crippen LogP contribution in [0.4, 0.5) is 0 Å². The summed E-state index contributed by atoms with van der Waals surface area (Å²) in [5, 5.41) is 0. The first-order valence-electron chi connectivity index (χ1n) is 1.55. The van der Waals surface area contributed by atoms with Gasteiger partial charge < -0.3 is 9.42 Å². The Hall–Kier alpha value is 1.54. The van der Waals surface area contributed by atoms with Crippen LogP contribution in [0.25, 0.3) is 0 Å². The Balaban J connectivity index is 0. The molecular formula is C2H6O2PS2Zn-. The van der Waals surface area contributed by atoms with Crippen molar-refractivity contribution in [2.45, 2.75) is 0 Å². The van der Waals surface area contributed by atoms with Gasteiger partial charge in [0.05, 0.1) is 0 Å². The van der Waals surface area contributed by atoms with Gasteiger partial charge in [0.1, 0.15) is 0 Å². The van der Waals surface area contributed by atoms with Crippen LogP contribution in [0, 0.1) is 0 Å². The Morgan fingerprint density at radius 1 is 1.75 bits per heavy atom. The SMILES string of the molecule is COP([O-])(=S)SC.[Zn]. The maximum absolute atomic E-state index is 10.5. The van der Waals surface area contributed by atoms with E-state index in [4.69, 9.17) is 0 Å². The molecule has 46 valence electrons. The summed E-state index contributed by atoms with van der Waals surface area (Å²) in [5.74, 6) is 0. The Labute approximate surface area is 71.1 Å². The summed E-state index contributed by atoms with van der Waals surface area (Å²) in [5.41, 5.74) is -2.65. The number of hydrogen-bond acceptors (Lipinski definition) is 4. The van der Waals surface area contributed by atoms with E-state index in [0.29, 0.717) is 0 Å². The van der Waals surface area contributed by atoms with Crippen molar-refractivity contribution in [3.05, 3.63) is 0 Å². The van der Waals surface area contributed by atoms with Crippen molar-refractivity contribution in [1.29, 1.82) is 0 Å². The summed E-state index contributed by atoms with van der Waals surface area (Å²) >= 11 is 5.52. The molecule has 0 rings (SSSR count). The zero-order valence-corrected chi connectivity index (χ0v) is 10.3. The van der Waals surface area contributed by atoms with Gasteiger partial charge in [-0.05, 0) is 6.26 Å². The molecule has 0 radical (unpaired) electrons. The molecule has 0 aromatic carbocycles. The van der Waals surface area contributed by atoms with E-state index in [9.17, 15) is 4.89 Å². The van der Waals surface area contributed by atoms with Gasteiger partial charge in [-0.2, -0.15) is 0 Å². The molecule has 0 spiro atoms. The zero-order valence-electron chi connectivity index (χ0n) is 4.79. The van der Waals surface area contributed by atoms with E-state index in [2.05, 4.69) is 16.3 Å². The van der Waals surface area contributed by atoms with Crippen molar-refractivity contribution in [1.82, 2.24) is 0 Å². The second-order valence-electron chi connectivity index (χ2n) is 0.812. The first-order valence-corrected chi connectivity index (χ1v) is 6.01. The Kier molecular flexibility index (Phi) is 8.17. The van der Waals surface area contributed by atoms with Gasteiger partial charge in [-0.25, -0.2) is 0 Å². The predicted octanol–water partition coefficient (Wildman–Crippen LogP) is 0.578. The van der Waals surface area contributed by atoms with Crippen LogP contribution in [0.2, 0.25) is 0 Å². The summed E-state index contributed by atoms with van der Waals surface area (Å²) in [6, 6.07) is 0. The molecule has 0 bridgehead atoms. The Morgan fingerprint density at radius 3 is 2.12 bits per heavy atom. The minimum absolute atomic E-state index is 0. The maximum Gasteiger partial charge on any atom is 0.0467 e. The van der Waals surface area contributed by atoms with Crippen LogP contribution in [0.15, 0.2) is 0 Å². The molecule has 0 heterocycles. The molecular weight excluding hydrogens is 217 g/mol. The molecule has 0 N–H and O–H groups in total. The topological polar surface area (TPSA) is 32.3 Å². The van der Waals surface area contributed by atoms with Crippen LogP contribution < -0.4 is 4.89 Å². The van der Waals surface area contributed by atoms with Crippen LogP contribution in [0.5, 0.6) is 0 Å². The fourth-order valence-electron chi connectivity index (χ4n) is 0.0745. The van der Waals surface area contributed by atoms with Crippen molar-refractivity contribution in [3.8, 4) is 0 Å². The van der Waals surface area contributed by atoms with Crippen molar-refractivity contribution >= 4 is 28.9 Å². The minimum Gasteiger partial charge on any atom is -0.793 e. The molecule has 0 aliphatic carbocycles. The van der Waals surface area contributed by atoms with E-state index in [1.54, 1.807) is 6.26 Å². The molecule has 0 amide bonds. The first-order chi connectivity index (χ1) is 3.12. The van der Waals surface area contributed by atoms with Gasteiger partial charge in [-0.3, -0.25) is 0 Å². The van der Waals surface area contributed by atoms with Crippen LogP contribution >= 0.6 is 17.1 Å². The molecule has 0 fully saturated rings. The van der Waals surface area contributed by atoms with Crippen molar-refractivity contribution in [2.24, 2.45) is 0 Å². The molecule has 6 heteroatoms. The quantitative estimate of drug-likeness (QED) is 0.505. The molecule has 0 aromatic heterocycles. The van der Waals surface area contributed by atoms with Crippen molar-refractivity contribution in [2.75, 3.05) is 13.4 Å². The van der Waals surface area contributed by atoms with Gasteiger partial charge in [0.2, 0.25) is 0 Å². The largest absolute Gasteiger partial charge is 0.793 e. The normalized spacial score (nSPS) is 16.4. The molecule has 1 unspecified atom stereocenters. The van der Waals surface area contributed by atoms with E-state index in [1.807, 2.05) is 0 Å². The van der Waals surface area contributed by atoms with Crippen LogP contribution in [-0.4, -0.2) is 13.4 Å². The summed E-state index contributed by atoms with van der Waals surface area (Å²) in [4.78, 5) is 10.5. The number of rotatable bonds is 2. The van der Waals surface area contributed by atoms with Crippen LogP contribution in [0.3, 0.4) is 0 Å². The molecule has 0 saturated heterocycles. The minimum atomic E-state index is -2.65. The third kappa shape index (κ3) is 5.68. The van der Waals surface area contributed by atoms with Gasteiger partial charge in [0.15, 0.2) is 0 Å². The maximum atomic E-state index is 10.5. The first kappa shape index (κ1) is 12.2. The predicted molar refractivity (Wildman–Crippen MR) is 34.8 cm³/mol. The second-order valence-corrected chi connectivity index (χ2v) is 7.11. The monoisotopic (exact) mass is 221 g/mol. The summed E-state index contributed by atoms with van der Waals surface area (Å²) in [7, 11) is 1.35. The Morgan fingerprint density at radius 2 is 2.12 bits per heavy atom. The van der Waals surface area contributed by atoms with Crippen molar-refractivity contribution < 1.29 is 28.9 Å². The molecule has 0 aliphatic rings. The average molecular weight is 223 g/mol. The molecule has 2 nitrogen and oxygen atoms in total. The third-order valence-electron chi connectivity index (χ3n) is 0.447. The van der Waals surface area contributed by atoms with Crippen LogP contribution in [-0.2, 0) is 35.8 Å². The standard InChI is InChI=1S/C2H7O2PS2.Zn/c1-4-5(3,6)7-2;/h1-2H3,(H,3,6);/p-1. The molecule has 8 heavy (non-hydrogen) atoms. The van der Waals surface area contributed by atoms with Gasteiger partial charge in [-0.1, -0.05) is 11.8 Å². The van der Waals surface area contributed by atoms with Gasteiger partial charge >= 0.3 is 0 Å². The fourth-order valence-corrected chi connectivity index (χ4v) is 0.671. The van der Waals surface area contributed by atoms with E-state index < -0.39 is 5.69 Å². The van der Waals surface area contributed by atoms with E-state index >= 15 is 0 Å². The molecule has 1 atom stereocenters. The average Bonchev–Trinajstić information content (AvgIpc) is 1.68. The second kappa shape index (κ2) is 5.34.